The molecule has 1 fully saturated rings. The summed E-state index contributed by atoms with van der Waals surface area (Å²) in [6.07, 6.45) is 1.99. The number of ether oxygens (including phenoxy) is 1. The molecular formula is C23H29N3O2S. The van der Waals surface area contributed by atoms with Gasteiger partial charge in [-0.05, 0) is 95.3 Å². The van der Waals surface area contributed by atoms with Crippen molar-refractivity contribution in [2.24, 2.45) is 4.99 Å². The number of aromatic nitrogens is 1. The van der Waals surface area contributed by atoms with Crippen LogP contribution in [0.25, 0.3) is 11.8 Å². The van der Waals surface area contributed by atoms with E-state index in [1.165, 1.54) is 11.8 Å². The molecule has 1 amide bonds. The van der Waals surface area contributed by atoms with Gasteiger partial charge in [-0.1, -0.05) is 0 Å². The van der Waals surface area contributed by atoms with Crippen molar-refractivity contribution in [3.05, 3.63) is 52.2 Å². The summed E-state index contributed by atoms with van der Waals surface area (Å²) in [4.78, 5) is 20.2. The van der Waals surface area contributed by atoms with Crippen LogP contribution >= 0.6 is 11.8 Å². The number of hydrogen-bond donors (Lipinski definition) is 0. The maximum absolute atomic E-state index is 13.0. The lowest BCUT2D eigenvalue weighted by Gasteiger charge is -2.20. The van der Waals surface area contributed by atoms with E-state index in [0.29, 0.717) is 4.91 Å². The molecule has 0 unspecified atom stereocenters. The number of thioether (sulfide) groups is 1. The number of aliphatic imine (C=N–C) groups is 1. The minimum absolute atomic E-state index is 0.0265. The van der Waals surface area contributed by atoms with E-state index in [2.05, 4.69) is 29.5 Å². The summed E-state index contributed by atoms with van der Waals surface area (Å²) in [7, 11) is 1.67. The first-order valence-corrected chi connectivity index (χ1v) is 10.7. The second-order valence-electron chi connectivity index (χ2n) is 7.74. The summed E-state index contributed by atoms with van der Waals surface area (Å²) >= 11 is 1.46. The molecule has 2 aromatic rings. The van der Waals surface area contributed by atoms with Crippen LogP contribution in [0.4, 0.5) is 0 Å². The van der Waals surface area contributed by atoms with Crippen molar-refractivity contribution in [1.29, 1.82) is 0 Å². The van der Waals surface area contributed by atoms with E-state index in [4.69, 9.17) is 4.74 Å². The Morgan fingerprint density at radius 1 is 1.10 bits per heavy atom. The zero-order chi connectivity index (χ0) is 21.3. The highest BCUT2D eigenvalue weighted by molar-refractivity contribution is 8.18. The van der Waals surface area contributed by atoms with Crippen molar-refractivity contribution in [3.63, 3.8) is 0 Å². The number of amides is 1. The summed E-state index contributed by atoms with van der Waals surface area (Å²) in [6, 6.07) is 10.3. The van der Waals surface area contributed by atoms with E-state index in [1.54, 1.807) is 12.0 Å². The third kappa shape index (κ3) is 4.27. The van der Waals surface area contributed by atoms with Gasteiger partial charge in [0, 0.05) is 29.2 Å². The standard InChI is InChI=1S/C23H29N3O2S/c1-14(2)24-23-25(15(3)4)22(27)21(29-23)13-18-12-16(5)26(17(18)6)19-8-10-20(28-7)11-9-19/h8-15H,1-7H3/b21-13+,24-23?. The van der Waals surface area contributed by atoms with Gasteiger partial charge in [-0.15, -0.1) is 0 Å². The fraction of sp³-hybridized carbons (Fsp3) is 0.391. The molecule has 1 saturated heterocycles. The molecule has 5 nitrogen and oxygen atoms in total. The molecule has 0 atom stereocenters. The highest BCUT2D eigenvalue weighted by Gasteiger charge is 2.35. The van der Waals surface area contributed by atoms with Crippen LogP contribution in [0.2, 0.25) is 0 Å². The molecule has 2 heterocycles. The van der Waals surface area contributed by atoms with Crippen LogP contribution in [0.1, 0.15) is 44.6 Å². The van der Waals surface area contributed by atoms with E-state index < -0.39 is 0 Å². The predicted molar refractivity (Wildman–Crippen MR) is 122 cm³/mol. The summed E-state index contributed by atoms with van der Waals surface area (Å²) in [5.41, 5.74) is 4.33. The Kier molecular flexibility index (Phi) is 6.22. The molecule has 1 aliphatic heterocycles. The van der Waals surface area contributed by atoms with Gasteiger partial charge >= 0.3 is 0 Å². The molecular weight excluding hydrogens is 382 g/mol. The molecule has 6 heteroatoms. The van der Waals surface area contributed by atoms with Gasteiger partial charge in [0.05, 0.1) is 12.0 Å². The van der Waals surface area contributed by atoms with E-state index in [9.17, 15) is 4.79 Å². The molecule has 1 aromatic heterocycles. The van der Waals surface area contributed by atoms with Crippen molar-refractivity contribution >= 4 is 28.9 Å². The van der Waals surface area contributed by atoms with Crippen molar-refractivity contribution in [1.82, 2.24) is 9.47 Å². The van der Waals surface area contributed by atoms with Crippen molar-refractivity contribution in [2.75, 3.05) is 7.11 Å². The Bertz CT molecular complexity index is 969. The molecule has 1 aromatic carbocycles. The average Bonchev–Trinajstić information content (AvgIpc) is 3.10. The highest BCUT2D eigenvalue weighted by atomic mass is 32.2. The van der Waals surface area contributed by atoms with E-state index in [0.717, 1.165) is 33.6 Å². The van der Waals surface area contributed by atoms with Gasteiger partial charge in [-0.3, -0.25) is 14.7 Å². The first-order chi connectivity index (χ1) is 13.7. The van der Waals surface area contributed by atoms with Crippen molar-refractivity contribution in [3.8, 4) is 11.4 Å². The summed E-state index contributed by atoms with van der Waals surface area (Å²) in [5.74, 6) is 0.857. The number of carbonyl (C=O) groups is 1. The molecule has 0 saturated carbocycles. The van der Waals surface area contributed by atoms with Gasteiger partial charge in [-0.2, -0.15) is 0 Å². The number of rotatable bonds is 5. The normalized spacial score (nSPS) is 17.4. The monoisotopic (exact) mass is 411 g/mol. The molecule has 29 heavy (non-hydrogen) atoms. The predicted octanol–water partition coefficient (Wildman–Crippen LogP) is 5.19. The largest absolute Gasteiger partial charge is 0.497 e. The number of carbonyl (C=O) groups excluding carboxylic acids is 1. The molecule has 1 aliphatic rings. The minimum atomic E-state index is 0.0265. The van der Waals surface area contributed by atoms with Gasteiger partial charge in [0.2, 0.25) is 0 Å². The first kappa shape index (κ1) is 21.2. The van der Waals surface area contributed by atoms with Crippen LogP contribution in [0.5, 0.6) is 5.75 Å². The molecule has 0 spiro atoms. The Hall–Kier alpha value is -2.47. The summed E-state index contributed by atoms with van der Waals surface area (Å²) in [6.45, 7) is 12.3. The first-order valence-electron chi connectivity index (χ1n) is 9.87. The Labute approximate surface area is 177 Å². The quantitative estimate of drug-likeness (QED) is 0.636. The van der Waals surface area contributed by atoms with E-state index in [-0.39, 0.29) is 18.0 Å². The van der Waals surface area contributed by atoms with Crippen LogP contribution < -0.4 is 4.74 Å². The van der Waals surface area contributed by atoms with Gasteiger partial charge in [0.15, 0.2) is 5.17 Å². The highest BCUT2D eigenvalue weighted by Crippen LogP contribution is 2.35. The molecule has 0 bridgehead atoms. The van der Waals surface area contributed by atoms with E-state index in [1.807, 2.05) is 58.0 Å². The number of benzene rings is 1. The average molecular weight is 412 g/mol. The molecule has 0 radical (unpaired) electrons. The van der Waals surface area contributed by atoms with Gasteiger partial charge < -0.3 is 9.30 Å². The maximum Gasteiger partial charge on any atom is 0.266 e. The van der Waals surface area contributed by atoms with Crippen molar-refractivity contribution in [2.45, 2.75) is 53.6 Å². The van der Waals surface area contributed by atoms with Crippen LogP contribution in [-0.2, 0) is 4.79 Å². The summed E-state index contributed by atoms with van der Waals surface area (Å²) in [5, 5.41) is 0.787. The zero-order valence-corrected chi connectivity index (χ0v) is 19.0. The number of nitrogens with zero attached hydrogens (tertiary/aromatic N) is 3. The smallest absolute Gasteiger partial charge is 0.266 e. The third-order valence-corrected chi connectivity index (χ3v) is 5.81. The van der Waals surface area contributed by atoms with Gasteiger partial charge in [-0.25, -0.2) is 0 Å². The minimum Gasteiger partial charge on any atom is -0.497 e. The van der Waals surface area contributed by atoms with Crippen LogP contribution in [0.15, 0.2) is 40.2 Å². The molecule has 154 valence electrons. The Morgan fingerprint density at radius 2 is 1.76 bits per heavy atom. The number of aryl methyl sites for hydroxylation is 1. The van der Waals surface area contributed by atoms with Gasteiger partial charge in [0.1, 0.15) is 5.75 Å². The van der Waals surface area contributed by atoms with Crippen LogP contribution in [-0.4, -0.2) is 39.7 Å². The lowest BCUT2D eigenvalue weighted by Crippen LogP contribution is -2.35. The van der Waals surface area contributed by atoms with Crippen LogP contribution in [0.3, 0.4) is 0 Å². The lowest BCUT2D eigenvalue weighted by atomic mass is 10.2. The van der Waals surface area contributed by atoms with E-state index >= 15 is 0 Å². The van der Waals surface area contributed by atoms with Crippen molar-refractivity contribution < 1.29 is 9.53 Å². The second-order valence-corrected chi connectivity index (χ2v) is 8.75. The number of amidine groups is 1. The van der Waals surface area contributed by atoms with Crippen LogP contribution in [0, 0.1) is 13.8 Å². The van der Waals surface area contributed by atoms with Gasteiger partial charge in [0.25, 0.3) is 5.91 Å². The summed E-state index contributed by atoms with van der Waals surface area (Å²) < 4.78 is 7.46. The zero-order valence-electron chi connectivity index (χ0n) is 18.2. The fourth-order valence-electron chi connectivity index (χ4n) is 3.46. The lowest BCUT2D eigenvalue weighted by molar-refractivity contribution is -0.123. The second kappa shape index (κ2) is 8.49. The third-order valence-electron chi connectivity index (χ3n) is 4.81. The molecule has 3 rings (SSSR count). The number of hydrogen-bond acceptors (Lipinski definition) is 4. The molecule has 0 N–H and O–H groups in total. The molecule has 0 aliphatic carbocycles. The Balaban J connectivity index is 1.99. The SMILES string of the molecule is COc1ccc(-n2c(C)cc(/C=C3/SC(=NC(C)C)N(C(C)C)C3=O)c2C)cc1. The Morgan fingerprint density at radius 3 is 2.31 bits per heavy atom. The number of methoxy groups -OCH3 is 1. The maximum atomic E-state index is 13.0. The fourth-order valence-corrected chi connectivity index (χ4v) is 4.68. The topological polar surface area (TPSA) is 46.8 Å².